The monoisotopic (exact) mass is 389 g/mol. The van der Waals surface area contributed by atoms with Gasteiger partial charge in [0.2, 0.25) is 5.88 Å². The first kappa shape index (κ1) is 12.9. The second-order valence-electron chi connectivity index (χ2n) is 3.17. The maximum Gasteiger partial charge on any atom is 0.201 e. The predicted octanol–water partition coefficient (Wildman–Crippen LogP) is 2.51. The van der Waals surface area contributed by atoms with Crippen molar-refractivity contribution in [3.63, 3.8) is 0 Å². The third kappa shape index (κ3) is 2.91. The maximum atomic E-state index is 9.25. The van der Waals surface area contributed by atoms with Crippen LogP contribution in [0.25, 0.3) is 11.3 Å². The number of hydrogen-bond donors (Lipinski definition) is 1. The Bertz CT molecular complexity index is 471. The normalized spacial score (nSPS) is 9.56. The Balaban J connectivity index is 0.00000128. The van der Waals surface area contributed by atoms with E-state index < -0.39 is 0 Å². The first-order chi connectivity index (χ1) is 7.29. The molecule has 3 heteroatoms. The molecule has 1 aromatic carbocycles. The van der Waals surface area contributed by atoms with Gasteiger partial charge in [-0.3, -0.25) is 4.98 Å². The molecule has 2 rings (SSSR count). The smallest absolute Gasteiger partial charge is 0.201 e. The molecular formula is C13H10IrNO-. The van der Waals surface area contributed by atoms with Gasteiger partial charge in [0.25, 0.3) is 0 Å². The van der Waals surface area contributed by atoms with Gasteiger partial charge in [-0.05, 0) is 25.1 Å². The van der Waals surface area contributed by atoms with Crippen molar-refractivity contribution in [1.29, 1.82) is 0 Å². The fourth-order valence-corrected chi connectivity index (χ4v) is 1.36. The second-order valence-corrected chi connectivity index (χ2v) is 3.17. The van der Waals surface area contributed by atoms with Crippen LogP contribution in [0.4, 0.5) is 0 Å². The van der Waals surface area contributed by atoms with Crippen molar-refractivity contribution in [2.75, 3.05) is 0 Å². The van der Waals surface area contributed by atoms with Crippen molar-refractivity contribution >= 4 is 0 Å². The van der Waals surface area contributed by atoms with Crippen molar-refractivity contribution in [2.45, 2.75) is 6.42 Å². The van der Waals surface area contributed by atoms with Gasteiger partial charge in [-0.15, -0.1) is 35.4 Å². The zero-order valence-electron chi connectivity index (χ0n) is 8.48. The minimum absolute atomic E-state index is 0. The van der Waals surface area contributed by atoms with Gasteiger partial charge in [-0.1, -0.05) is 12.1 Å². The molecule has 0 aliphatic carbocycles. The summed E-state index contributed by atoms with van der Waals surface area (Å²) < 4.78 is 0. The van der Waals surface area contributed by atoms with Gasteiger partial charge < -0.3 is 5.11 Å². The molecule has 1 aromatic heterocycles. The molecule has 2 aromatic rings. The van der Waals surface area contributed by atoms with E-state index in [1.807, 2.05) is 24.3 Å². The quantitative estimate of drug-likeness (QED) is 0.802. The van der Waals surface area contributed by atoms with Crippen LogP contribution in [0.2, 0.25) is 0 Å². The standard InChI is InChI=1S/C13H10NO.Ir/c1-2-10-5-3-6-11(9-10)12-7-4-8-13(15)14-12;/h1,3-8H,2H2,(H,14,15);/q-1;. The molecule has 0 aliphatic rings. The average molecular weight is 388 g/mol. The van der Waals surface area contributed by atoms with Crippen LogP contribution in [-0.2, 0) is 26.5 Å². The van der Waals surface area contributed by atoms with Gasteiger partial charge in [-0.25, -0.2) is 0 Å². The first-order valence-electron chi connectivity index (χ1n) is 4.67. The summed E-state index contributed by atoms with van der Waals surface area (Å²) in [5.74, 6) is 0.0130. The molecule has 0 saturated heterocycles. The fourth-order valence-electron chi connectivity index (χ4n) is 1.36. The second kappa shape index (κ2) is 5.78. The summed E-state index contributed by atoms with van der Waals surface area (Å²) in [7, 11) is 0. The van der Waals surface area contributed by atoms with Crippen molar-refractivity contribution in [2.24, 2.45) is 0 Å². The van der Waals surface area contributed by atoms with Crippen molar-refractivity contribution in [3.8, 4) is 17.1 Å². The molecule has 0 unspecified atom stereocenters. The Hall–Kier alpha value is -1.18. The van der Waals surface area contributed by atoms with E-state index in [0.717, 1.165) is 11.1 Å². The maximum absolute atomic E-state index is 9.25. The number of pyridine rings is 1. The summed E-state index contributed by atoms with van der Waals surface area (Å²) in [6.07, 6.45) is 0.451. The number of rotatable bonds is 2. The van der Waals surface area contributed by atoms with E-state index in [-0.39, 0.29) is 26.0 Å². The van der Waals surface area contributed by atoms with Crippen molar-refractivity contribution in [3.05, 3.63) is 55.0 Å². The molecule has 3 radical (unpaired) electrons. The van der Waals surface area contributed by atoms with E-state index in [9.17, 15) is 5.11 Å². The summed E-state index contributed by atoms with van der Waals surface area (Å²) in [5, 5.41) is 9.25. The van der Waals surface area contributed by atoms with E-state index in [1.165, 1.54) is 6.07 Å². The first-order valence-corrected chi connectivity index (χ1v) is 4.67. The van der Waals surface area contributed by atoms with Crippen LogP contribution in [0, 0.1) is 13.0 Å². The SMILES string of the molecule is [CH]Cc1[c-]c(-c2cccc(O)n2)ccc1.[Ir]. The fraction of sp³-hybridized carbons (Fsp3) is 0.0769. The molecule has 0 bridgehead atoms. The molecule has 16 heavy (non-hydrogen) atoms. The molecule has 0 fully saturated rings. The summed E-state index contributed by atoms with van der Waals surface area (Å²) in [4.78, 5) is 4.00. The summed E-state index contributed by atoms with van der Waals surface area (Å²) >= 11 is 0. The molecule has 83 valence electrons. The molecule has 0 saturated carbocycles. The molecule has 1 heterocycles. The zero-order chi connectivity index (χ0) is 10.7. The van der Waals surface area contributed by atoms with Crippen molar-refractivity contribution < 1.29 is 25.2 Å². The molecular weight excluding hydrogens is 378 g/mol. The topological polar surface area (TPSA) is 33.1 Å². The Morgan fingerprint density at radius 2 is 1.94 bits per heavy atom. The van der Waals surface area contributed by atoms with Crippen LogP contribution < -0.4 is 0 Å². The van der Waals surface area contributed by atoms with Gasteiger partial charge in [-0.2, -0.15) is 0 Å². The summed E-state index contributed by atoms with van der Waals surface area (Å²) in [5.41, 5.74) is 2.47. The van der Waals surface area contributed by atoms with Crippen LogP contribution >= 0.6 is 0 Å². The number of benzene rings is 1. The van der Waals surface area contributed by atoms with E-state index >= 15 is 0 Å². The van der Waals surface area contributed by atoms with E-state index in [4.69, 9.17) is 6.92 Å². The number of aromatic nitrogens is 1. The van der Waals surface area contributed by atoms with Gasteiger partial charge in [0, 0.05) is 20.1 Å². The molecule has 1 N–H and O–H groups in total. The zero-order valence-corrected chi connectivity index (χ0v) is 10.9. The molecule has 0 amide bonds. The van der Waals surface area contributed by atoms with Gasteiger partial charge >= 0.3 is 0 Å². The van der Waals surface area contributed by atoms with Crippen LogP contribution in [0.15, 0.2) is 36.4 Å². The van der Waals surface area contributed by atoms with Crippen LogP contribution in [0.1, 0.15) is 5.56 Å². The van der Waals surface area contributed by atoms with E-state index in [1.54, 1.807) is 6.07 Å². The Morgan fingerprint density at radius 1 is 1.19 bits per heavy atom. The summed E-state index contributed by atoms with van der Waals surface area (Å²) in [6.45, 7) is 5.53. The van der Waals surface area contributed by atoms with Crippen LogP contribution in [0.3, 0.4) is 0 Å². The molecule has 0 atom stereocenters. The van der Waals surface area contributed by atoms with Gasteiger partial charge in [0.15, 0.2) is 0 Å². The van der Waals surface area contributed by atoms with Crippen LogP contribution in [-0.4, -0.2) is 10.1 Å². The van der Waals surface area contributed by atoms with Gasteiger partial charge in [0.1, 0.15) is 0 Å². The molecule has 2 nitrogen and oxygen atoms in total. The van der Waals surface area contributed by atoms with E-state index in [0.29, 0.717) is 12.1 Å². The predicted molar refractivity (Wildman–Crippen MR) is 58.2 cm³/mol. The minimum atomic E-state index is 0. The number of aromatic hydroxyl groups is 1. The molecule has 0 aliphatic heterocycles. The van der Waals surface area contributed by atoms with Crippen molar-refractivity contribution in [1.82, 2.24) is 4.98 Å². The third-order valence-electron chi connectivity index (χ3n) is 2.09. The minimum Gasteiger partial charge on any atom is -0.494 e. The van der Waals surface area contributed by atoms with E-state index in [2.05, 4.69) is 11.1 Å². The van der Waals surface area contributed by atoms with Gasteiger partial charge in [0.05, 0.1) is 0 Å². The largest absolute Gasteiger partial charge is 0.494 e. The Labute approximate surface area is 109 Å². The Kier molecular flexibility index (Phi) is 4.66. The molecule has 0 spiro atoms. The average Bonchev–Trinajstić information content (AvgIpc) is 2.29. The Morgan fingerprint density at radius 3 is 2.62 bits per heavy atom. The van der Waals surface area contributed by atoms with Crippen LogP contribution in [0.5, 0.6) is 5.88 Å². The third-order valence-corrected chi connectivity index (χ3v) is 2.09. The summed E-state index contributed by atoms with van der Waals surface area (Å²) in [6, 6.07) is 14.0. The number of nitrogens with zero attached hydrogens (tertiary/aromatic N) is 1. The number of hydrogen-bond acceptors (Lipinski definition) is 2.